The van der Waals surface area contributed by atoms with Gasteiger partial charge in [-0.3, -0.25) is 4.79 Å². The van der Waals surface area contributed by atoms with Gasteiger partial charge in [-0.05, 0) is 12.8 Å². The first kappa shape index (κ1) is 7.31. The van der Waals surface area contributed by atoms with Gasteiger partial charge >= 0.3 is 0 Å². The maximum absolute atomic E-state index is 10.8. The molecule has 0 unspecified atom stereocenters. The second-order valence-electron chi connectivity index (χ2n) is 2.25. The van der Waals surface area contributed by atoms with Gasteiger partial charge in [0.2, 0.25) is 5.91 Å². The molecule has 1 aliphatic carbocycles. The maximum Gasteiger partial charge on any atom is 0.223 e. The van der Waals surface area contributed by atoms with Crippen LogP contribution < -0.4 is 5.32 Å². The van der Waals surface area contributed by atoms with Crippen molar-refractivity contribution in [2.24, 2.45) is 5.92 Å². The summed E-state index contributed by atoms with van der Waals surface area (Å²) < 4.78 is 1.01. The van der Waals surface area contributed by atoms with Crippen LogP contribution in [0.5, 0.6) is 0 Å². The molecule has 0 spiro atoms. The van der Waals surface area contributed by atoms with E-state index in [2.05, 4.69) is 27.9 Å². The molecular formula is C6H10INO. The van der Waals surface area contributed by atoms with Gasteiger partial charge in [0.05, 0.1) is 0 Å². The molecular weight excluding hydrogens is 229 g/mol. The molecule has 2 nitrogen and oxygen atoms in total. The van der Waals surface area contributed by atoms with Crippen molar-refractivity contribution in [1.29, 1.82) is 0 Å². The fourth-order valence-corrected chi connectivity index (χ4v) is 0.930. The van der Waals surface area contributed by atoms with Gasteiger partial charge in [0, 0.05) is 16.9 Å². The molecule has 0 radical (unpaired) electrons. The van der Waals surface area contributed by atoms with Crippen LogP contribution in [0.15, 0.2) is 0 Å². The Balaban J connectivity index is 2.03. The standard InChI is InChI=1S/C6H10INO/c7-3-4-8-6(9)5-1-2-5/h5H,1-4H2,(H,8,9). The average Bonchev–Trinajstić information content (AvgIpc) is 2.63. The van der Waals surface area contributed by atoms with E-state index in [4.69, 9.17) is 0 Å². The topological polar surface area (TPSA) is 29.1 Å². The van der Waals surface area contributed by atoms with E-state index in [-0.39, 0.29) is 5.91 Å². The predicted octanol–water partition coefficient (Wildman–Crippen LogP) is 0.948. The second kappa shape index (κ2) is 3.39. The fourth-order valence-electron chi connectivity index (χ4n) is 0.660. The zero-order valence-corrected chi connectivity index (χ0v) is 7.35. The first-order valence-corrected chi connectivity index (χ1v) is 4.71. The van der Waals surface area contributed by atoms with Crippen molar-refractivity contribution in [2.45, 2.75) is 12.8 Å². The van der Waals surface area contributed by atoms with Gasteiger partial charge in [0.15, 0.2) is 0 Å². The summed E-state index contributed by atoms with van der Waals surface area (Å²) in [6.45, 7) is 0.829. The largest absolute Gasteiger partial charge is 0.355 e. The van der Waals surface area contributed by atoms with Gasteiger partial charge in [-0.15, -0.1) is 0 Å². The molecule has 0 aromatic carbocycles. The van der Waals surface area contributed by atoms with Crippen molar-refractivity contribution in [3.8, 4) is 0 Å². The van der Waals surface area contributed by atoms with Crippen molar-refractivity contribution in [3.63, 3.8) is 0 Å². The first-order valence-electron chi connectivity index (χ1n) is 3.18. The molecule has 0 bridgehead atoms. The predicted molar refractivity (Wildman–Crippen MR) is 44.6 cm³/mol. The third kappa shape index (κ3) is 2.51. The summed E-state index contributed by atoms with van der Waals surface area (Å²) in [5.41, 5.74) is 0. The number of carbonyl (C=O) groups excluding carboxylic acids is 1. The molecule has 0 aliphatic heterocycles. The van der Waals surface area contributed by atoms with E-state index >= 15 is 0 Å². The highest BCUT2D eigenvalue weighted by Crippen LogP contribution is 2.28. The Morgan fingerprint density at radius 3 is 2.78 bits per heavy atom. The molecule has 1 rings (SSSR count). The van der Waals surface area contributed by atoms with Crippen molar-refractivity contribution in [1.82, 2.24) is 5.32 Å². The van der Waals surface area contributed by atoms with Gasteiger partial charge in [-0.2, -0.15) is 0 Å². The molecule has 0 aromatic rings. The number of amides is 1. The zero-order chi connectivity index (χ0) is 6.69. The summed E-state index contributed by atoms with van der Waals surface area (Å²) in [7, 11) is 0. The van der Waals surface area contributed by atoms with Crippen LogP contribution >= 0.6 is 22.6 Å². The van der Waals surface area contributed by atoms with E-state index in [1.165, 1.54) is 0 Å². The molecule has 1 saturated carbocycles. The lowest BCUT2D eigenvalue weighted by Crippen LogP contribution is -2.26. The number of carbonyl (C=O) groups is 1. The average molecular weight is 239 g/mol. The minimum absolute atomic E-state index is 0.256. The monoisotopic (exact) mass is 239 g/mol. The number of alkyl halides is 1. The summed E-state index contributed by atoms with van der Waals surface area (Å²) >= 11 is 2.25. The molecule has 1 fully saturated rings. The summed E-state index contributed by atoms with van der Waals surface area (Å²) in [5.74, 6) is 0.625. The molecule has 3 heteroatoms. The Kier molecular flexibility index (Phi) is 2.75. The minimum atomic E-state index is 0.256. The van der Waals surface area contributed by atoms with Gasteiger partial charge < -0.3 is 5.32 Å². The van der Waals surface area contributed by atoms with Crippen molar-refractivity contribution < 1.29 is 4.79 Å². The van der Waals surface area contributed by atoms with Crippen LogP contribution in [-0.4, -0.2) is 16.9 Å². The van der Waals surface area contributed by atoms with Crippen molar-refractivity contribution >= 4 is 28.5 Å². The third-order valence-corrected chi connectivity index (χ3v) is 1.88. The van der Waals surface area contributed by atoms with Crippen LogP contribution in [0, 0.1) is 5.92 Å². The Morgan fingerprint density at radius 2 is 2.33 bits per heavy atom. The molecule has 9 heavy (non-hydrogen) atoms. The van der Waals surface area contributed by atoms with Crippen LogP contribution in [0.3, 0.4) is 0 Å². The van der Waals surface area contributed by atoms with E-state index in [9.17, 15) is 4.79 Å². The molecule has 0 aromatic heterocycles. The molecule has 1 N–H and O–H groups in total. The maximum atomic E-state index is 10.8. The van der Waals surface area contributed by atoms with Crippen LogP contribution in [0.1, 0.15) is 12.8 Å². The number of hydrogen-bond acceptors (Lipinski definition) is 1. The van der Waals surface area contributed by atoms with E-state index < -0.39 is 0 Å². The lowest BCUT2D eigenvalue weighted by atomic mass is 10.4. The van der Waals surface area contributed by atoms with E-state index in [1.807, 2.05) is 0 Å². The summed E-state index contributed by atoms with van der Waals surface area (Å²) in [6, 6.07) is 0. The van der Waals surface area contributed by atoms with E-state index in [1.54, 1.807) is 0 Å². The quantitative estimate of drug-likeness (QED) is 0.576. The van der Waals surface area contributed by atoms with E-state index in [0.717, 1.165) is 23.8 Å². The SMILES string of the molecule is O=C(NCCI)C1CC1. The molecule has 52 valence electrons. The molecule has 0 atom stereocenters. The smallest absolute Gasteiger partial charge is 0.223 e. The molecule has 1 aliphatic rings. The Hall–Kier alpha value is 0.200. The van der Waals surface area contributed by atoms with Crippen molar-refractivity contribution in [3.05, 3.63) is 0 Å². The number of rotatable bonds is 3. The number of halogens is 1. The number of hydrogen-bond donors (Lipinski definition) is 1. The highest BCUT2D eigenvalue weighted by molar-refractivity contribution is 14.1. The Morgan fingerprint density at radius 1 is 1.67 bits per heavy atom. The molecule has 1 amide bonds. The minimum Gasteiger partial charge on any atom is -0.355 e. The second-order valence-corrected chi connectivity index (χ2v) is 3.33. The molecule has 0 saturated heterocycles. The highest BCUT2D eigenvalue weighted by atomic mass is 127. The summed E-state index contributed by atoms with van der Waals surface area (Å²) in [5, 5.41) is 2.85. The lowest BCUT2D eigenvalue weighted by molar-refractivity contribution is -0.122. The zero-order valence-electron chi connectivity index (χ0n) is 5.19. The van der Waals surface area contributed by atoms with Crippen LogP contribution in [0.25, 0.3) is 0 Å². The van der Waals surface area contributed by atoms with Gasteiger partial charge in [0.1, 0.15) is 0 Å². The van der Waals surface area contributed by atoms with Gasteiger partial charge in [-0.1, -0.05) is 22.6 Å². The van der Waals surface area contributed by atoms with E-state index in [0.29, 0.717) is 5.92 Å². The van der Waals surface area contributed by atoms with Crippen LogP contribution in [0.2, 0.25) is 0 Å². The van der Waals surface area contributed by atoms with Crippen molar-refractivity contribution in [2.75, 3.05) is 11.0 Å². The van der Waals surface area contributed by atoms with Crippen LogP contribution in [0.4, 0.5) is 0 Å². The third-order valence-electron chi connectivity index (χ3n) is 1.34. The first-order chi connectivity index (χ1) is 4.34. The number of nitrogens with one attached hydrogen (secondary N) is 1. The Bertz CT molecular complexity index is 112. The van der Waals surface area contributed by atoms with Crippen LogP contribution in [-0.2, 0) is 4.79 Å². The summed E-state index contributed by atoms with van der Waals surface area (Å²) in [6.07, 6.45) is 2.21. The lowest BCUT2D eigenvalue weighted by Gasteiger charge is -1.98. The Labute approximate surface area is 68.5 Å². The van der Waals surface area contributed by atoms with Gasteiger partial charge in [-0.25, -0.2) is 0 Å². The fraction of sp³-hybridized carbons (Fsp3) is 0.833. The van der Waals surface area contributed by atoms with Gasteiger partial charge in [0.25, 0.3) is 0 Å². The highest BCUT2D eigenvalue weighted by Gasteiger charge is 2.28. The molecule has 0 heterocycles. The normalized spacial score (nSPS) is 17.4. The summed E-state index contributed by atoms with van der Waals surface area (Å²) in [4.78, 5) is 10.8.